The topological polar surface area (TPSA) is 15.3 Å². The summed E-state index contributed by atoms with van der Waals surface area (Å²) in [5.41, 5.74) is 3.34. The van der Waals surface area contributed by atoms with Crippen molar-refractivity contribution >= 4 is 0 Å². The Morgan fingerprint density at radius 2 is 2.00 bits per heavy atom. The summed E-state index contributed by atoms with van der Waals surface area (Å²) in [6.45, 7) is 13.6. The van der Waals surface area contributed by atoms with Crippen LogP contribution in [-0.4, -0.2) is 24.0 Å². The third kappa shape index (κ3) is 4.63. The summed E-state index contributed by atoms with van der Waals surface area (Å²) in [7, 11) is 0. The molecule has 0 amide bonds. The van der Waals surface area contributed by atoms with E-state index in [1.807, 2.05) is 0 Å². The van der Waals surface area contributed by atoms with Crippen LogP contribution in [-0.2, 0) is 13.1 Å². The number of hydrogen-bond donors (Lipinski definition) is 1. The van der Waals surface area contributed by atoms with E-state index in [9.17, 15) is 0 Å². The van der Waals surface area contributed by atoms with Crippen LogP contribution in [0.3, 0.4) is 0 Å². The largest absolute Gasteiger partial charge is 0.310 e. The highest BCUT2D eigenvalue weighted by atomic mass is 15.1. The van der Waals surface area contributed by atoms with Crippen molar-refractivity contribution in [2.75, 3.05) is 13.1 Å². The molecule has 0 bridgehead atoms. The molecule has 0 saturated carbocycles. The monoisotopic (exact) mass is 260 g/mol. The molecular formula is C17H28N2. The van der Waals surface area contributed by atoms with Crippen molar-refractivity contribution in [2.45, 2.75) is 53.2 Å². The van der Waals surface area contributed by atoms with Crippen molar-refractivity contribution in [1.29, 1.82) is 0 Å². The maximum Gasteiger partial charge on any atom is 0.0234 e. The van der Waals surface area contributed by atoms with E-state index in [0.717, 1.165) is 13.1 Å². The van der Waals surface area contributed by atoms with E-state index in [4.69, 9.17) is 0 Å². The molecule has 1 aromatic carbocycles. The van der Waals surface area contributed by atoms with Gasteiger partial charge in [-0.05, 0) is 29.5 Å². The molecule has 1 heterocycles. The van der Waals surface area contributed by atoms with Crippen molar-refractivity contribution in [1.82, 2.24) is 10.2 Å². The Morgan fingerprint density at radius 3 is 2.63 bits per heavy atom. The molecule has 0 aromatic heterocycles. The second-order valence-corrected chi connectivity index (χ2v) is 6.98. The van der Waals surface area contributed by atoms with Crippen LogP contribution in [0.25, 0.3) is 0 Å². The fraction of sp³-hybridized carbons (Fsp3) is 0.647. The van der Waals surface area contributed by atoms with Crippen LogP contribution in [0.4, 0.5) is 0 Å². The Kier molecular flexibility index (Phi) is 4.64. The van der Waals surface area contributed by atoms with Crippen molar-refractivity contribution in [3.63, 3.8) is 0 Å². The molecule has 0 unspecified atom stereocenters. The van der Waals surface area contributed by atoms with Gasteiger partial charge >= 0.3 is 0 Å². The first-order chi connectivity index (χ1) is 8.94. The van der Waals surface area contributed by atoms with E-state index in [-0.39, 0.29) is 0 Å². The average Bonchev–Trinajstić information content (AvgIpc) is 2.66. The van der Waals surface area contributed by atoms with Crippen LogP contribution in [0.2, 0.25) is 0 Å². The summed E-state index contributed by atoms with van der Waals surface area (Å²) in [5.74, 6) is 0. The minimum absolute atomic E-state index is 0.497. The van der Waals surface area contributed by atoms with E-state index < -0.39 is 0 Å². The quantitative estimate of drug-likeness (QED) is 0.872. The molecule has 0 radical (unpaired) electrons. The Hall–Kier alpha value is -0.860. The van der Waals surface area contributed by atoms with Gasteiger partial charge in [0.05, 0.1) is 0 Å². The first kappa shape index (κ1) is 14.5. The van der Waals surface area contributed by atoms with Gasteiger partial charge in [0.25, 0.3) is 0 Å². The average molecular weight is 260 g/mol. The minimum Gasteiger partial charge on any atom is -0.310 e. The molecule has 1 aromatic rings. The maximum absolute atomic E-state index is 3.48. The lowest BCUT2D eigenvalue weighted by atomic mass is 9.93. The summed E-state index contributed by atoms with van der Waals surface area (Å²) in [4.78, 5) is 2.58. The molecular weight excluding hydrogens is 232 g/mol. The molecule has 2 heteroatoms. The van der Waals surface area contributed by atoms with Gasteiger partial charge < -0.3 is 5.32 Å². The standard InChI is InChI=1S/C17H28N2/c1-14(2)18-11-15-6-5-7-16(10-15)12-19-9-8-17(3,4)13-19/h5-7,10,14,18H,8-9,11-13H2,1-4H3. The van der Waals surface area contributed by atoms with Gasteiger partial charge in [-0.2, -0.15) is 0 Å². The fourth-order valence-electron chi connectivity index (χ4n) is 2.78. The number of hydrogen-bond acceptors (Lipinski definition) is 2. The highest BCUT2D eigenvalue weighted by molar-refractivity contribution is 5.23. The van der Waals surface area contributed by atoms with Crippen LogP contribution in [0, 0.1) is 5.41 Å². The van der Waals surface area contributed by atoms with E-state index >= 15 is 0 Å². The third-order valence-electron chi connectivity index (χ3n) is 3.87. The van der Waals surface area contributed by atoms with Crippen LogP contribution in [0.1, 0.15) is 45.2 Å². The normalized spacial score (nSPS) is 19.2. The Balaban J connectivity index is 1.92. The van der Waals surface area contributed by atoms with Gasteiger partial charge in [-0.25, -0.2) is 0 Å². The van der Waals surface area contributed by atoms with Gasteiger partial charge in [0.2, 0.25) is 0 Å². The second kappa shape index (κ2) is 6.06. The van der Waals surface area contributed by atoms with Crippen molar-refractivity contribution in [3.8, 4) is 0 Å². The molecule has 0 aliphatic carbocycles. The first-order valence-corrected chi connectivity index (χ1v) is 7.48. The molecule has 2 nitrogen and oxygen atoms in total. The lowest BCUT2D eigenvalue weighted by molar-refractivity contribution is 0.284. The van der Waals surface area contributed by atoms with E-state index in [2.05, 4.69) is 62.2 Å². The van der Waals surface area contributed by atoms with E-state index in [0.29, 0.717) is 11.5 Å². The molecule has 1 fully saturated rings. The van der Waals surface area contributed by atoms with E-state index in [1.54, 1.807) is 0 Å². The highest BCUT2D eigenvalue weighted by Gasteiger charge is 2.28. The predicted octanol–water partition coefficient (Wildman–Crippen LogP) is 3.42. The summed E-state index contributed by atoms with van der Waals surface area (Å²) < 4.78 is 0. The van der Waals surface area contributed by atoms with Crippen molar-refractivity contribution in [3.05, 3.63) is 35.4 Å². The second-order valence-electron chi connectivity index (χ2n) is 6.98. The molecule has 1 saturated heterocycles. The number of nitrogens with zero attached hydrogens (tertiary/aromatic N) is 1. The summed E-state index contributed by atoms with van der Waals surface area (Å²) in [6.07, 6.45) is 1.32. The molecule has 106 valence electrons. The maximum atomic E-state index is 3.48. The molecule has 0 spiro atoms. The molecule has 2 rings (SSSR count). The third-order valence-corrected chi connectivity index (χ3v) is 3.87. The van der Waals surface area contributed by atoms with Crippen LogP contribution in [0.5, 0.6) is 0 Å². The highest BCUT2D eigenvalue weighted by Crippen LogP contribution is 2.29. The zero-order chi connectivity index (χ0) is 13.9. The van der Waals surface area contributed by atoms with Crippen LogP contribution in [0.15, 0.2) is 24.3 Å². The Morgan fingerprint density at radius 1 is 1.26 bits per heavy atom. The van der Waals surface area contributed by atoms with Gasteiger partial charge in [0.15, 0.2) is 0 Å². The number of nitrogens with one attached hydrogen (secondary N) is 1. The van der Waals surface area contributed by atoms with Gasteiger partial charge in [-0.3, -0.25) is 4.90 Å². The van der Waals surface area contributed by atoms with Gasteiger partial charge in [0, 0.05) is 25.7 Å². The predicted molar refractivity (Wildman–Crippen MR) is 82.1 cm³/mol. The SMILES string of the molecule is CC(C)NCc1cccc(CN2CCC(C)(C)C2)c1. The van der Waals surface area contributed by atoms with Gasteiger partial charge in [-0.1, -0.05) is 52.0 Å². The lowest BCUT2D eigenvalue weighted by Gasteiger charge is -2.20. The molecule has 0 atom stereocenters. The molecule has 1 aliphatic rings. The minimum atomic E-state index is 0.497. The summed E-state index contributed by atoms with van der Waals surface area (Å²) in [6, 6.07) is 9.55. The molecule has 1 aliphatic heterocycles. The van der Waals surface area contributed by atoms with Gasteiger partial charge in [0.1, 0.15) is 0 Å². The zero-order valence-electron chi connectivity index (χ0n) is 12.9. The van der Waals surface area contributed by atoms with Crippen molar-refractivity contribution in [2.24, 2.45) is 5.41 Å². The molecule has 1 N–H and O–H groups in total. The molecule has 19 heavy (non-hydrogen) atoms. The lowest BCUT2D eigenvalue weighted by Crippen LogP contribution is -2.23. The van der Waals surface area contributed by atoms with Crippen LogP contribution >= 0.6 is 0 Å². The first-order valence-electron chi connectivity index (χ1n) is 7.48. The van der Waals surface area contributed by atoms with Gasteiger partial charge in [-0.15, -0.1) is 0 Å². The fourth-order valence-corrected chi connectivity index (χ4v) is 2.78. The Labute approximate surface area is 118 Å². The smallest absolute Gasteiger partial charge is 0.0234 e. The zero-order valence-corrected chi connectivity index (χ0v) is 12.9. The van der Waals surface area contributed by atoms with Crippen molar-refractivity contribution < 1.29 is 0 Å². The number of rotatable bonds is 5. The number of benzene rings is 1. The summed E-state index contributed by atoms with van der Waals surface area (Å²) >= 11 is 0. The summed E-state index contributed by atoms with van der Waals surface area (Å²) in [5, 5.41) is 3.48. The van der Waals surface area contributed by atoms with E-state index in [1.165, 1.54) is 30.6 Å². The Bertz CT molecular complexity index is 409. The van der Waals surface area contributed by atoms with Crippen LogP contribution < -0.4 is 5.32 Å². The number of likely N-dealkylation sites (tertiary alicyclic amines) is 1.